The monoisotopic (exact) mass is 324 g/mol. The molecule has 126 valence electrons. The van der Waals surface area contributed by atoms with Crippen molar-refractivity contribution in [1.29, 1.82) is 0 Å². The van der Waals surface area contributed by atoms with Crippen LogP contribution in [0.25, 0.3) is 11.3 Å². The van der Waals surface area contributed by atoms with Crippen molar-refractivity contribution in [3.05, 3.63) is 36.0 Å². The molecule has 2 heterocycles. The molecule has 0 unspecified atom stereocenters. The first-order valence-corrected chi connectivity index (χ1v) is 9.03. The Bertz CT molecular complexity index is 661. The average molecular weight is 324 g/mol. The van der Waals surface area contributed by atoms with E-state index in [1.807, 2.05) is 0 Å². The third-order valence-electron chi connectivity index (χ3n) is 5.12. The molecule has 1 saturated heterocycles. The molecule has 0 bridgehead atoms. The summed E-state index contributed by atoms with van der Waals surface area (Å²) in [6, 6.07) is 8.89. The second-order valence-electron chi connectivity index (χ2n) is 6.70. The molecule has 5 nitrogen and oxygen atoms in total. The van der Waals surface area contributed by atoms with Crippen LogP contribution >= 0.6 is 0 Å². The van der Waals surface area contributed by atoms with Crippen molar-refractivity contribution in [2.75, 3.05) is 31.2 Å². The Morgan fingerprint density at radius 2 is 1.71 bits per heavy atom. The van der Waals surface area contributed by atoms with Crippen molar-refractivity contribution in [3.63, 3.8) is 0 Å². The summed E-state index contributed by atoms with van der Waals surface area (Å²) in [5.74, 6) is 1.44. The van der Waals surface area contributed by atoms with Crippen molar-refractivity contribution in [3.8, 4) is 11.3 Å². The molecule has 1 aromatic carbocycles. The molecule has 2 aromatic rings. The molecule has 0 radical (unpaired) electrons. The van der Waals surface area contributed by atoms with Crippen molar-refractivity contribution in [2.24, 2.45) is 0 Å². The Balaban J connectivity index is 1.52. The standard InChI is InChI=1S/C19H24N4O/c1-2-4-15(5-3-1)16-6-8-17(9-7-16)18-14-20-22-19(21-18)23-10-12-24-13-11-23/h6-9,14-15H,1-5,10-13H2. The molecular weight excluding hydrogens is 300 g/mol. The highest BCUT2D eigenvalue weighted by Gasteiger charge is 2.17. The van der Waals surface area contributed by atoms with Gasteiger partial charge in [-0.3, -0.25) is 0 Å². The third-order valence-corrected chi connectivity index (χ3v) is 5.12. The van der Waals surface area contributed by atoms with Gasteiger partial charge in [0.15, 0.2) is 0 Å². The molecule has 0 atom stereocenters. The lowest BCUT2D eigenvalue weighted by atomic mass is 9.84. The van der Waals surface area contributed by atoms with Crippen molar-refractivity contribution in [1.82, 2.24) is 15.2 Å². The van der Waals surface area contributed by atoms with E-state index in [0.717, 1.165) is 43.5 Å². The summed E-state index contributed by atoms with van der Waals surface area (Å²) in [5, 5.41) is 8.34. The first-order chi connectivity index (χ1) is 11.9. The molecule has 0 N–H and O–H groups in total. The van der Waals surface area contributed by atoms with Crippen LogP contribution < -0.4 is 4.90 Å². The van der Waals surface area contributed by atoms with Gasteiger partial charge in [-0.15, -0.1) is 5.10 Å². The summed E-state index contributed by atoms with van der Waals surface area (Å²) < 4.78 is 5.39. The summed E-state index contributed by atoms with van der Waals surface area (Å²) in [5.41, 5.74) is 3.47. The fourth-order valence-electron chi connectivity index (χ4n) is 3.69. The van der Waals surface area contributed by atoms with Gasteiger partial charge in [0.1, 0.15) is 0 Å². The molecule has 0 spiro atoms. The Hall–Kier alpha value is -2.01. The number of benzene rings is 1. The fraction of sp³-hybridized carbons (Fsp3) is 0.526. The number of hydrogen-bond donors (Lipinski definition) is 0. The highest BCUT2D eigenvalue weighted by molar-refractivity contribution is 5.59. The first-order valence-electron chi connectivity index (χ1n) is 9.03. The summed E-state index contributed by atoms with van der Waals surface area (Å²) in [4.78, 5) is 6.84. The van der Waals surface area contributed by atoms with Crippen LogP contribution in [-0.4, -0.2) is 41.5 Å². The summed E-state index contributed by atoms with van der Waals surface area (Å²) >= 11 is 0. The van der Waals surface area contributed by atoms with E-state index < -0.39 is 0 Å². The van der Waals surface area contributed by atoms with Gasteiger partial charge in [-0.25, -0.2) is 4.98 Å². The van der Waals surface area contributed by atoms with Crippen molar-refractivity contribution in [2.45, 2.75) is 38.0 Å². The highest BCUT2D eigenvalue weighted by Crippen LogP contribution is 2.33. The van der Waals surface area contributed by atoms with Crippen LogP contribution in [0.15, 0.2) is 30.5 Å². The zero-order valence-electron chi connectivity index (χ0n) is 14.0. The number of morpholine rings is 1. The zero-order valence-corrected chi connectivity index (χ0v) is 14.0. The van der Waals surface area contributed by atoms with Crippen molar-refractivity contribution < 1.29 is 4.74 Å². The maximum Gasteiger partial charge on any atom is 0.246 e. The van der Waals surface area contributed by atoms with Crippen molar-refractivity contribution >= 4 is 5.95 Å². The van der Waals surface area contributed by atoms with Crippen LogP contribution in [-0.2, 0) is 4.74 Å². The van der Waals surface area contributed by atoms with Gasteiger partial charge in [0.2, 0.25) is 5.95 Å². The number of hydrogen-bond acceptors (Lipinski definition) is 5. The van der Waals surface area contributed by atoms with E-state index in [-0.39, 0.29) is 0 Å². The lowest BCUT2D eigenvalue weighted by molar-refractivity contribution is 0.122. The Morgan fingerprint density at radius 1 is 0.958 bits per heavy atom. The number of ether oxygens (including phenoxy) is 1. The van der Waals surface area contributed by atoms with E-state index in [1.54, 1.807) is 6.20 Å². The molecule has 2 fully saturated rings. The Morgan fingerprint density at radius 3 is 2.46 bits per heavy atom. The van der Waals surface area contributed by atoms with Crippen LogP contribution in [0.2, 0.25) is 0 Å². The predicted molar refractivity (Wildman–Crippen MR) is 94.1 cm³/mol. The summed E-state index contributed by atoms with van der Waals surface area (Å²) in [7, 11) is 0. The molecule has 1 aromatic heterocycles. The normalized spacial score (nSPS) is 19.4. The molecule has 4 rings (SSSR count). The molecule has 1 aliphatic carbocycles. The number of rotatable bonds is 3. The van der Waals surface area contributed by atoms with E-state index >= 15 is 0 Å². The van der Waals surface area contributed by atoms with Gasteiger partial charge in [0.05, 0.1) is 25.1 Å². The second kappa shape index (κ2) is 7.26. The SMILES string of the molecule is c1cc(C2CCCCC2)ccc1-c1cnnc(N2CCOCC2)n1. The minimum Gasteiger partial charge on any atom is -0.378 e. The van der Waals surface area contributed by atoms with Crippen LogP contribution in [0, 0.1) is 0 Å². The van der Waals surface area contributed by atoms with E-state index in [0.29, 0.717) is 5.95 Å². The Kier molecular flexibility index (Phi) is 4.69. The highest BCUT2D eigenvalue weighted by atomic mass is 16.5. The maximum absolute atomic E-state index is 5.39. The third kappa shape index (κ3) is 3.41. The van der Waals surface area contributed by atoms with Gasteiger partial charge >= 0.3 is 0 Å². The first kappa shape index (κ1) is 15.5. The van der Waals surface area contributed by atoms with Gasteiger partial charge in [-0.1, -0.05) is 43.5 Å². The van der Waals surface area contributed by atoms with Gasteiger partial charge < -0.3 is 9.64 Å². The average Bonchev–Trinajstić information content (AvgIpc) is 2.70. The molecule has 24 heavy (non-hydrogen) atoms. The largest absolute Gasteiger partial charge is 0.378 e. The number of aromatic nitrogens is 3. The lowest BCUT2D eigenvalue weighted by Gasteiger charge is -2.26. The van der Waals surface area contributed by atoms with Crippen LogP contribution in [0.1, 0.15) is 43.6 Å². The van der Waals surface area contributed by atoms with Crippen LogP contribution in [0.5, 0.6) is 0 Å². The Labute approximate surface area is 143 Å². The van der Waals surface area contributed by atoms with Crippen LogP contribution in [0.3, 0.4) is 0 Å². The fourth-order valence-corrected chi connectivity index (χ4v) is 3.69. The molecule has 1 aliphatic heterocycles. The molecule has 5 heteroatoms. The van der Waals surface area contributed by atoms with E-state index in [9.17, 15) is 0 Å². The van der Waals surface area contributed by atoms with Crippen LogP contribution in [0.4, 0.5) is 5.95 Å². The zero-order chi connectivity index (χ0) is 16.2. The molecule has 0 amide bonds. The second-order valence-corrected chi connectivity index (χ2v) is 6.70. The minimum absolute atomic E-state index is 0.701. The summed E-state index contributed by atoms with van der Waals surface area (Å²) in [6.07, 6.45) is 8.53. The van der Waals surface area contributed by atoms with E-state index in [4.69, 9.17) is 9.72 Å². The predicted octanol–water partition coefficient (Wildman–Crippen LogP) is 3.42. The lowest BCUT2D eigenvalue weighted by Crippen LogP contribution is -2.37. The number of nitrogens with zero attached hydrogens (tertiary/aromatic N) is 4. The topological polar surface area (TPSA) is 51.1 Å². The maximum atomic E-state index is 5.39. The molecule has 2 aliphatic rings. The van der Waals surface area contributed by atoms with E-state index in [1.165, 1.54) is 37.7 Å². The smallest absolute Gasteiger partial charge is 0.246 e. The quantitative estimate of drug-likeness (QED) is 0.866. The van der Waals surface area contributed by atoms with Gasteiger partial charge in [0, 0.05) is 18.7 Å². The minimum atomic E-state index is 0.701. The number of anilines is 1. The summed E-state index contributed by atoms with van der Waals surface area (Å²) in [6.45, 7) is 3.10. The molecule has 1 saturated carbocycles. The van der Waals surface area contributed by atoms with Gasteiger partial charge in [0.25, 0.3) is 0 Å². The van der Waals surface area contributed by atoms with Gasteiger partial charge in [-0.05, 0) is 24.3 Å². The van der Waals surface area contributed by atoms with Gasteiger partial charge in [-0.2, -0.15) is 5.10 Å². The molecular formula is C19H24N4O. The van der Waals surface area contributed by atoms with E-state index in [2.05, 4.69) is 39.4 Å².